The lowest BCUT2D eigenvalue weighted by Crippen LogP contribution is -2.29. The van der Waals surface area contributed by atoms with Gasteiger partial charge < -0.3 is 15.2 Å². The summed E-state index contributed by atoms with van der Waals surface area (Å²) < 4.78 is 12.7. The molecular weight excluding hydrogens is 298 g/mol. The predicted molar refractivity (Wildman–Crippen MR) is 80.6 cm³/mol. The number of carbonyl (C=O) groups is 1. The quantitative estimate of drug-likeness (QED) is 0.848. The van der Waals surface area contributed by atoms with Crippen LogP contribution in [0.5, 0.6) is 0 Å². The summed E-state index contributed by atoms with van der Waals surface area (Å²) in [5.74, 6) is -0.0438. The van der Waals surface area contributed by atoms with Crippen LogP contribution in [0.25, 0.3) is 0 Å². The molecule has 4 atom stereocenters. The fourth-order valence-corrected chi connectivity index (χ4v) is 2.97. The first kappa shape index (κ1) is 14.0. The van der Waals surface area contributed by atoms with E-state index >= 15 is 0 Å². The number of hydrogen-bond acceptors (Lipinski definition) is 6. The van der Waals surface area contributed by atoms with Gasteiger partial charge in [0.05, 0.1) is 5.56 Å². The van der Waals surface area contributed by atoms with Gasteiger partial charge in [-0.1, -0.05) is 18.2 Å². The number of hydrogen-bond donors (Lipinski definition) is 1. The van der Waals surface area contributed by atoms with Crippen LogP contribution in [0.15, 0.2) is 47.4 Å². The van der Waals surface area contributed by atoms with Gasteiger partial charge in [-0.05, 0) is 18.2 Å². The minimum absolute atomic E-state index is 0.122. The van der Waals surface area contributed by atoms with Crippen LogP contribution >= 0.6 is 0 Å². The molecular formula is C16H15N3O4. The van der Waals surface area contributed by atoms with E-state index in [1.54, 1.807) is 36.5 Å². The molecule has 2 fully saturated rings. The number of ether oxygens (including phenoxy) is 2. The van der Waals surface area contributed by atoms with Crippen molar-refractivity contribution in [1.82, 2.24) is 9.55 Å². The number of fused-ring (bicyclic) bond motifs is 1. The fraction of sp³-hybridized carbons (Fsp3) is 0.312. The molecule has 1 aliphatic heterocycles. The third kappa shape index (κ3) is 2.49. The molecule has 1 aromatic heterocycles. The Morgan fingerprint density at radius 1 is 1.30 bits per heavy atom. The van der Waals surface area contributed by atoms with Gasteiger partial charge in [-0.25, -0.2) is 9.59 Å². The summed E-state index contributed by atoms with van der Waals surface area (Å²) >= 11 is 0. The maximum absolute atomic E-state index is 12.0. The maximum atomic E-state index is 12.0. The van der Waals surface area contributed by atoms with Gasteiger partial charge in [0.1, 0.15) is 24.3 Å². The van der Waals surface area contributed by atoms with E-state index in [2.05, 4.69) is 4.98 Å². The van der Waals surface area contributed by atoms with Crippen molar-refractivity contribution in [2.75, 3.05) is 5.73 Å². The third-order valence-electron chi connectivity index (χ3n) is 4.23. The summed E-state index contributed by atoms with van der Waals surface area (Å²) in [6.45, 7) is 0. The predicted octanol–water partition coefficient (Wildman–Crippen LogP) is 0.968. The minimum Gasteiger partial charge on any atom is -0.456 e. The Bertz CT molecular complexity index is 792. The zero-order chi connectivity index (χ0) is 16.0. The molecule has 118 valence electrons. The summed E-state index contributed by atoms with van der Waals surface area (Å²) in [7, 11) is 0. The van der Waals surface area contributed by atoms with E-state index < -0.39 is 5.69 Å². The van der Waals surface area contributed by atoms with Crippen molar-refractivity contribution in [2.24, 2.45) is 5.92 Å². The van der Waals surface area contributed by atoms with Gasteiger partial charge in [0, 0.05) is 18.5 Å². The highest BCUT2D eigenvalue weighted by Crippen LogP contribution is 2.51. The highest BCUT2D eigenvalue weighted by Gasteiger charge is 2.61. The van der Waals surface area contributed by atoms with Gasteiger partial charge >= 0.3 is 11.7 Å². The number of nitrogens with zero attached hydrogens (tertiary/aromatic N) is 2. The molecule has 1 unspecified atom stereocenters. The first-order valence-electron chi connectivity index (χ1n) is 7.39. The number of nitrogens with two attached hydrogens (primary N) is 1. The molecule has 0 bridgehead atoms. The van der Waals surface area contributed by atoms with Crippen molar-refractivity contribution in [3.63, 3.8) is 0 Å². The van der Waals surface area contributed by atoms with E-state index in [0.717, 1.165) is 0 Å². The Hall–Kier alpha value is -2.67. The molecule has 1 saturated heterocycles. The highest BCUT2D eigenvalue weighted by molar-refractivity contribution is 5.89. The Kier molecular flexibility index (Phi) is 3.16. The number of benzene rings is 1. The first-order chi connectivity index (χ1) is 11.1. The van der Waals surface area contributed by atoms with Crippen molar-refractivity contribution >= 4 is 11.8 Å². The molecule has 1 aromatic carbocycles. The third-order valence-corrected chi connectivity index (χ3v) is 4.23. The first-order valence-corrected chi connectivity index (χ1v) is 7.39. The molecule has 2 aromatic rings. The molecule has 2 aliphatic rings. The molecule has 0 amide bonds. The summed E-state index contributed by atoms with van der Waals surface area (Å²) in [6.07, 6.45) is 1.42. The van der Waals surface area contributed by atoms with Crippen LogP contribution in [-0.2, 0) is 9.47 Å². The molecule has 1 saturated carbocycles. The van der Waals surface area contributed by atoms with Crippen LogP contribution in [0.3, 0.4) is 0 Å². The standard InChI is InChI=1S/C16H15N3O4/c17-11-6-7-19(16(21)18-11)12-8-10-13(22-12)14(10)23-15(20)9-4-2-1-3-5-9/h1-7,10,12-14H,8H2,(H2,17,18,21)/t10?,12-,13+,14-/m1/s1. The van der Waals surface area contributed by atoms with E-state index in [1.165, 1.54) is 4.57 Å². The Labute approximate surface area is 131 Å². The fourth-order valence-electron chi connectivity index (χ4n) is 2.97. The van der Waals surface area contributed by atoms with Crippen LogP contribution in [0, 0.1) is 5.92 Å². The maximum Gasteiger partial charge on any atom is 0.351 e. The molecule has 0 radical (unpaired) electrons. The van der Waals surface area contributed by atoms with Crippen LogP contribution in [0.1, 0.15) is 23.0 Å². The van der Waals surface area contributed by atoms with Gasteiger partial charge in [0.25, 0.3) is 0 Å². The molecule has 2 heterocycles. The number of carbonyl (C=O) groups excluding carboxylic acids is 1. The van der Waals surface area contributed by atoms with Crippen LogP contribution in [0.2, 0.25) is 0 Å². The zero-order valence-electron chi connectivity index (χ0n) is 12.2. The number of nitrogen functional groups attached to an aromatic ring is 1. The normalized spacial score (nSPS) is 28.2. The molecule has 0 spiro atoms. The summed E-state index contributed by atoms with van der Waals surface area (Å²) in [5, 5.41) is 0. The number of esters is 1. The van der Waals surface area contributed by atoms with E-state index in [1.807, 2.05) is 6.07 Å². The van der Waals surface area contributed by atoms with Crippen LogP contribution < -0.4 is 11.4 Å². The zero-order valence-corrected chi connectivity index (χ0v) is 12.2. The second-order valence-electron chi connectivity index (χ2n) is 5.73. The van der Waals surface area contributed by atoms with Gasteiger partial charge in [-0.2, -0.15) is 4.98 Å². The second kappa shape index (κ2) is 5.20. The Morgan fingerprint density at radius 3 is 2.74 bits per heavy atom. The highest BCUT2D eigenvalue weighted by atomic mass is 16.6. The van der Waals surface area contributed by atoms with Gasteiger partial charge in [-0.3, -0.25) is 4.57 Å². The summed E-state index contributed by atoms with van der Waals surface area (Å²) in [6, 6.07) is 10.4. The SMILES string of the molecule is Nc1ccn([C@H]2CC3[C@@H](OC(=O)c4ccccc4)[C@H]3O2)c(=O)n1. The summed E-state index contributed by atoms with van der Waals surface area (Å²) in [5.41, 5.74) is 5.56. The molecule has 1 aliphatic carbocycles. The molecule has 7 nitrogen and oxygen atoms in total. The second-order valence-corrected chi connectivity index (χ2v) is 5.73. The van der Waals surface area contributed by atoms with Crippen LogP contribution in [-0.4, -0.2) is 27.7 Å². The lowest BCUT2D eigenvalue weighted by atomic mass is 10.2. The van der Waals surface area contributed by atoms with Gasteiger partial charge in [-0.15, -0.1) is 0 Å². The van der Waals surface area contributed by atoms with Gasteiger partial charge in [0.15, 0.2) is 0 Å². The molecule has 2 N–H and O–H groups in total. The Morgan fingerprint density at radius 2 is 2.09 bits per heavy atom. The van der Waals surface area contributed by atoms with E-state index in [0.29, 0.717) is 12.0 Å². The lowest BCUT2D eigenvalue weighted by molar-refractivity contribution is -0.0229. The molecule has 4 rings (SSSR count). The van der Waals surface area contributed by atoms with E-state index in [4.69, 9.17) is 15.2 Å². The Balaban J connectivity index is 1.39. The van der Waals surface area contributed by atoms with Crippen molar-refractivity contribution in [3.05, 3.63) is 58.6 Å². The molecule has 23 heavy (non-hydrogen) atoms. The smallest absolute Gasteiger partial charge is 0.351 e. The number of anilines is 1. The minimum atomic E-state index is -0.436. The number of aromatic nitrogens is 2. The van der Waals surface area contributed by atoms with Crippen molar-refractivity contribution in [3.8, 4) is 0 Å². The lowest BCUT2D eigenvalue weighted by Gasteiger charge is -2.17. The van der Waals surface area contributed by atoms with Crippen molar-refractivity contribution in [1.29, 1.82) is 0 Å². The monoisotopic (exact) mass is 313 g/mol. The number of rotatable bonds is 3. The summed E-state index contributed by atoms with van der Waals surface area (Å²) in [4.78, 5) is 27.5. The molecule has 7 heteroatoms. The van der Waals surface area contributed by atoms with E-state index in [9.17, 15) is 9.59 Å². The topological polar surface area (TPSA) is 96.4 Å². The van der Waals surface area contributed by atoms with E-state index in [-0.39, 0.29) is 36.1 Å². The average Bonchev–Trinajstić information content (AvgIpc) is 2.99. The van der Waals surface area contributed by atoms with Gasteiger partial charge in [0.2, 0.25) is 0 Å². The van der Waals surface area contributed by atoms with Crippen LogP contribution in [0.4, 0.5) is 5.82 Å². The average molecular weight is 313 g/mol. The van der Waals surface area contributed by atoms with Crippen molar-refractivity contribution in [2.45, 2.75) is 24.9 Å². The largest absolute Gasteiger partial charge is 0.456 e. The van der Waals surface area contributed by atoms with Crippen molar-refractivity contribution < 1.29 is 14.3 Å².